The van der Waals surface area contributed by atoms with Crippen LogP contribution < -0.4 is 15.4 Å². The summed E-state index contributed by atoms with van der Waals surface area (Å²) in [5.41, 5.74) is 4.75. The minimum Gasteiger partial charge on any atom is -0.496 e. The highest BCUT2D eigenvalue weighted by Crippen LogP contribution is 2.31. The third kappa shape index (κ3) is 4.94. The summed E-state index contributed by atoms with van der Waals surface area (Å²) in [5.74, 6) is 0.851. The van der Waals surface area contributed by atoms with Gasteiger partial charge in [0, 0.05) is 23.5 Å². The number of hydrogen-bond acceptors (Lipinski definition) is 4. The Morgan fingerprint density at radius 2 is 1.88 bits per heavy atom. The Kier molecular flexibility index (Phi) is 6.75. The quantitative estimate of drug-likeness (QED) is 0.577. The average Bonchev–Trinajstić information content (AvgIpc) is 3.44. The lowest BCUT2D eigenvalue weighted by Gasteiger charge is -2.29. The van der Waals surface area contributed by atoms with Crippen LogP contribution in [0.4, 0.5) is 10.5 Å². The molecular weight excluding hydrogens is 402 g/mol. The summed E-state index contributed by atoms with van der Waals surface area (Å²) in [6, 6.07) is 17.6. The van der Waals surface area contributed by atoms with Crippen LogP contribution in [0.25, 0.3) is 5.69 Å². The summed E-state index contributed by atoms with van der Waals surface area (Å²) in [5, 5.41) is 10.6. The first-order chi connectivity index (χ1) is 15.5. The molecule has 2 aromatic carbocycles. The predicted octanol–water partition coefficient (Wildman–Crippen LogP) is 4.46. The summed E-state index contributed by atoms with van der Waals surface area (Å²) in [6.07, 6.45) is 2.36. The van der Waals surface area contributed by atoms with Crippen LogP contribution in [-0.2, 0) is 0 Å². The number of likely N-dealkylation sites (tertiary alicyclic amines) is 1. The van der Waals surface area contributed by atoms with Gasteiger partial charge >= 0.3 is 6.03 Å². The Balaban J connectivity index is 1.45. The van der Waals surface area contributed by atoms with Crippen LogP contribution in [0.2, 0.25) is 0 Å². The molecule has 1 atom stereocenters. The molecule has 1 aliphatic rings. The standard InChI is InChI=1S/C25H31N5O2/c1-18-15-19(2)30(28-18)21-10-8-9-20(16-21)27-25(31)26-17-23(29-13-6-7-14-29)22-11-4-5-12-24(22)32-3/h4-5,8-12,15-16,23H,6-7,13-14,17H2,1-3H3,(H2,26,27,31). The van der Waals surface area contributed by atoms with Crippen LogP contribution in [0.1, 0.15) is 35.8 Å². The van der Waals surface area contributed by atoms with E-state index in [-0.39, 0.29) is 12.1 Å². The molecule has 0 bridgehead atoms. The number of nitrogens with zero attached hydrogens (tertiary/aromatic N) is 3. The Bertz CT molecular complexity index is 1070. The predicted molar refractivity (Wildman–Crippen MR) is 127 cm³/mol. The fourth-order valence-electron chi connectivity index (χ4n) is 4.40. The second-order valence-electron chi connectivity index (χ2n) is 8.23. The average molecular weight is 434 g/mol. The number of ether oxygens (including phenoxy) is 1. The molecule has 0 spiro atoms. The van der Waals surface area contributed by atoms with Gasteiger partial charge in [-0.25, -0.2) is 9.48 Å². The third-order valence-corrected chi connectivity index (χ3v) is 5.89. The van der Waals surface area contributed by atoms with Crippen molar-refractivity contribution < 1.29 is 9.53 Å². The number of nitrogens with one attached hydrogen (secondary N) is 2. The lowest BCUT2D eigenvalue weighted by Crippen LogP contribution is -2.38. The van der Waals surface area contributed by atoms with Gasteiger partial charge in [0.15, 0.2) is 0 Å². The van der Waals surface area contributed by atoms with Crippen molar-refractivity contribution >= 4 is 11.7 Å². The van der Waals surface area contributed by atoms with Crippen molar-refractivity contribution in [3.63, 3.8) is 0 Å². The van der Waals surface area contributed by atoms with Crippen molar-refractivity contribution in [1.29, 1.82) is 0 Å². The first-order valence-electron chi connectivity index (χ1n) is 11.1. The zero-order valence-electron chi connectivity index (χ0n) is 19.0. The number of rotatable bonds is 7. The lowest BCUT2D eigenvalue weighted by atomic mass is 10.0. The van der Waals surface area contributed by atoms with Crippen molar-refractivity contribution in [2.45, 2.75) is 32.7 Å². The molecule has 7 heteroatoms. The summed E-state index contributed by atoms with van der Waals surface area (Å²) in [4.78, 5) is 15.2. The molecule has 0 radical (unpaired) electrons. The van der Waals surface area contributed by atoms with Crippen LogP contribution in [0, 0.1) is 13.8 Å². The third-order valence-electron chi connectivity index (χ3n) is 5.89. The molecular formula is C25H31N5O2. The molecule has 1 fully saturated rings. The topological polar surface area (TPSA) is 71.4 Å². The van der Waals surface area contributed by atoms with Crippen molar-refractivity contribution in [2.75, 3.05) is 32.1 Å². The van der Waals surface area contributed by atoms with Crippen molar-refractivity contribution in [3.05, 3.63) is 71.5 Å². The van der Waals surface area contributed by atoms with Gasteiger partial charge < -0.3 is 15.4 Å². The van der Waals surface area contributed by atoms with E-state index in [0.717, 1.165) is 47.2 Å². The minimum atomic E-state index is -0.227. The molecule has 1 aromatic heterocycles. The Morgan fingerprint density at radius 3 is 2.59 bits per heavy atom. The second kappa shape index (κ2) is 9.87. The molecule has 2 N–H and O–H groups in total. The molecule has 3 aromatic rings. The Hall–Kier alpha value is -3.32. The van der Waals surface area contributed by atoms with E-state index in [4.69, 9.17) is 4.74 Å². The van der Waals surface area contributed by atoms with E-state index in [9.17, 15) is 4.79 Å². The number of anilines is 1. The molecule has 2 heterocycles. The molecule has 1 unspecified atom stereocenters. The summed E-state index contributed by atoms with van der Waals surface area (Å²) in [6.45, 7) is 6.54. The van der Waals surface area contributed by atoms with E-state index in [1.807, 2.05) is 67.1 Å². The van der Waals surface area contributed by atoms with Gasteiger partial charge in [-0.15, -0.1) is 0 Å². The SMILES string of the molecule is COc1ccccc1C(CNC(=O)Nc1cccc(-n2nc(C)cc2C)c1)N1CCCC1. The van der Waals surface area contributed by atoms with E-state index < -0.39 is 0 Å². The van der Waals surface area contributed by atoms with E-state index in [0.29, 0.717) is 6.54 Å². The number of urea groups is 1. The van der Waals surface area contributed by atoms with Gasteiger partial charge in [-0.1, -0.05) is 24.3 Å². The van der Waals surface area contributed by atoms with Crippen molar-refractivity contribution in [2.24, 2.45) is 0 Å². The number of carbonyl (C=O) groups is 1. The molecule has 0 aliphatic carbocycles. The van der Waals surface area contributed by atoms with Crippen LogP contribution in [0.15, 0.2) is 54.6 Å². The van der Waals surface area contributed by atoms with Gasteiger partial charge in [0.25, 0.3) is 0 Å². The lowest BCUT2D eigenvalue weighted by molar-refractivity contribution is 0.224. The van der Waals surface area contributed by atoms with Crippen LogP contribution in [0.3, 0.4) is 0 Å². The van der Waals surface area contributed by atoms with E-state index >= 15 is 0 Å². The number of para-hydroxylation sites is 1. The molecule has 168 valence electrons. The van der Waals surface area contributed by atoms with Gasteiger partial charge in [0.1, 0.15) is 5.75 Å². The number of aromatic nitrogens is 2. The second-order valence-corrected chi connectivity index (χ2v) is 8.23. The van der Waals surface area contributed by atoms with Crippen molar-refractivity contribution in [3.8, 4) is 11.4 Å². The highest BCUT2D eigenvalue weighted by Gasteiger charge is 2.26. The molecule has 2 amide bonds. The number of methoxy groups -OCH3 is 1. The minimum absolute atomic E-state index is 0.0698. The van der Waals surface area contributed by atoms with Gasteiger partial charge in [0.05, 0.1) is 24.5 Å². The van der Waals surface area contributed by atoms with E-state index in [1.54, 1.807) is 7.11 Å². The van der Waals surface area contributed by atoms with Gasteiger partial charge in [0.2, 0.25) is 0 Å². The first-order valence-corrected chi connectivity index (χ1v) is 11.1. The molecule has 0 saturated carbocycles. The zero-order chi connectivity index (χ0) is 22.5. The largest absolute Gasteiger partial charge is 0.496 e. The maximum atomic E-state index is 12.7. The van der Waals surface area contributed by atoms with Crippen LogP contribution >= 0.6 is 0 Å². The van der Waals surface area contributed by atoms with Gasteiger partial charge in [-0.3, -0.25) is 4.90 Å². The number of benzene rings is 2. The summed E-state index contributed by atoms with van der Waals surface area (Å²) >= 11 is 0. The van der Waals surface area contributed by atoms with Crippen molar-refractivity contribution in [1.82, 2.24) is 20.0 Å². The zero-order valence-corrected chi connectivity index (χ0v) is 19.0. The Labute approximate surface area is 189 Å². The number of hydrogen-bond donors (Lipinski definition) is 2. The number of carbonyl (C=O) groups excluding carboxylic acids is 1. The first kappa shape index (κ1) is 21.9. The highest BCUT2D eigenvalue weighted by molar-refractivity contribution is 5.89. The molecule has 1 saturated heterocycles. The van der Waals surface area contributed by atoms with Gasteiger partial charge in [-0.05, 0) is 70.1 Å². The van der Waals surface area contributed by atoms with E-state index in [2.05, 4.69) is 26.7 Å². The smallest absolute Gasteiger partial charge is 0.319 e. The highest BCUT2D eigenvalue weighted by atomic mass is 16.5. The van der Waals surface area contributed by atoms with E-state index in [1.165, 1.54) is 12.8 Å². The fourth-order valence-corrected chi connectivity index (χ4v) is 4.40. The number of amides is 2. The summed E-state index contributed by atoms with van der Waals surface area (Å²) < 4.78 is 7.47. The monoisotopic (exact) mass is 433 g/mol. The number of aryl methyl sites for hydroxylation is 2. The van der Waals surface area contributed by atoms with Crippen LogP contribution in [0.5, 0.6) is 5.75 Å². The van der Waals surface area contributed by atoms with Gasteiger partial charge in [-0.2, -0.15) is 5.10 Å². The van der Waals surface area contributed by atoms with Crippen LogP contribution in [-0.4, -0.2) is 47.5 Å². The molecule has 4 rings (SSSR count). The molecule has 7 nitrogen and oxygen atoms in total. The maximum absolute atomic E-state index is 12.7. The maximum Gasteiger partial charge on any atom is 0.319 e. The summed E-state index contributed by atoms with van der Waals surface area (Å²) in [7, 11) is 1.69. The normalized spacial score (nSPS) is 14.8. The molecule has 32 heavy (non-hydrogen) atoms. The Morgan fingerprint density at radius 1 is 1.09 bits per heavy atom. The fraction of sp³-hybridized carbons (Fsp3) is 0.360. The molecule has 1 aliphatic heterocycles.